The van der Waals surface area contributed by atoms with E-state index >= 15 is 0 Å². The summed E-state index contributed by atoms with van der Waals surface area (Å²) in [6.07, 6.45) is 0. The van der Waals surface area contributed by atoms with Crippen molar-refractivity contribution in [2.45, 2.75) is 19.6 Å². The van der Waals surface area contributed by atoms with Gasteiger partial charge in [0.2, 0.25) is 10.8 Å². The maximum atomic E-state index is 11.0. The standard InChI is InChI=1S/C10H8O6S2.2C6H4N2O3S/c11-17(12,13)9-5-1-3-7-8(9)4-2-6-10(7)18(14,15)16;2*7-8-5-1-3-6(4-2-5)12(9,10)11/h1-6H,(H,11,12,13)(H,14,15,16);2*1-4H. The van der Waals surface area contributed by atoms with E-state index in [1.165, 1.54) is 48.5 Å². The van der Waals surface area contributed by atoms with E-state index in [0.717, 1.165) is 36.4 Å². The highest BCUT2D eigenvalue weighted by Gasteiger charge is 2.13. The zero-order valence-electron chi connectivity index (χ0n) is 20.5. The molecule has 20 heteroatoms. The van der Waals surface area contributed by atoms with E-state index in [1.807, 2.05) is 0 Å². The fourth-order valence-corrected chi connectivity index (χ4v) is 5.40. The monoisotopic (exact) mass is 656 g/mol. The summed E-state index contributed by atoms with van der Waals surface area (Å²) in [5.41, 5.74) is 0.449. The smallest absolute Gasteiger partial charge is 0.385 e. The first-order valence-electron chi connectivity index (χ1n) is 10.6. The molecule has 4 rings (SSSR count). The minimum atomic E-state index is -4.74. The van der Waals surface area contributed by atoms with Gasteiger partial charge in [-0.25, -0.2) is 16.8 Å². The molecular weight excluding hydrogens is 641 g/mol. The second-order valence-electron chi connectivity index (χ2n) is 7.65. The number of hydrogen-bond donors (Lipinski definition) is 2. The molecule has 220 valence electrons. The Balaban J connectivity index is 0.000000228. The molecule has 0 aliphatic rings. The van der Waals surface area contributed by atoms with Crippen molar-refractivity contribution in [3.63, 3.8) is 0 Å². The van der Waals surface area contributed by atoms with Crippen LogP contribution in [0.4, 0.5) is 11.4 Å². The number of diazo groups is 2. The Morgan fingerprint density at radius 3 is 1.00 bits per heavy atom. The van der Waals surface area contributed by atoms with Crippen LogP contribution in [0.15, 0.2) is 105 Å². The van der Waals surface area contributed by atoms with Crippen LogP contribution in [0, 0.1) is 10.8 Å². The van der Waals surface area contributed by atoms with E-state index in [9.17, 15) is 42.8 Å². The molecule has 0 aliphatic heterocycles. The number of nitrogens with zero attached hydrogens (tertiary/aromatic N) is 4. The lowest BCUT2D eigenvalue weighted by Gasteiger charge is -2.14. The SMILES string of the molecule is N#[N+]c1ccc(S(=O)(=O)O)cc1.N#[N+]c1ccc(S(=O)(=O)O)cc1.O=S(=O)([O-])c1cccc2c(S(=O)(=O)[O-])cccc12. The summed E-state index contributed by atoms with van der Waals surface area (Å²) in [6, 6.07) is 16.7. The molecule has 0 saturated heterocycles. The Labute approximate surface area is 239 Å². The third-order valence-electron chi connectivity index (χ3n) is 4.88. The van der Waals surface area contributed by atoms with E-state index < -0.39 is 50.3 Å². The van der Waals surface area contributed by atoms with Gasteiger partial charge in [-0.1, -0.05) is 24.3 Å². The van der Waals surface area contributed by atoms with Crippen LogP contribution in [0.2, 0.25) is 0 Å². The Morgan fingerprint density at radius 1 is 0.500 bits per heavy atom. The summed E-state index contributed by atoms with van der Waals surface area (Å²) in [6.45, 7) is 0. The van der Waals surface area contributed by atoms with Gasteiger partial charge in [0.25, 0.3) is 20.2 Å². The number of rotatable bonds is 4. The summed E-state index contributed by atoms with van der Waals surface area (Å²) < 4.78 is 125. The zero-order valence-corrected chi connectivity index (χ0v) is 23.7. The average molecular weight is 657 g/mol. The molecule has 0 unspecified atom stereocenters. The minimum absolute atomic E-state index is 0.0792. The van der Waals surface area contributed by atoms with Crippen LogP contribution in [-0.2, 0) is 40.5 Å². The molecular formula is C22H16N4O12S4. The molecule has 0 spiro atoms. The van der Waals surface area contributed by atoms with Crippen molar-refractivity contribution in [2.75, 3.05) is 0 Å². The summed E-state index contributed by atoms with van der Waals surface area (Å²) in [5, 5.41) is 16.3. The Hall–Kier alpha value is -4.38. The third kappa shape index (κ3) is 9.34. The third-order valence-corrected chi connectivity index (χ3v) is 8.41. The van der Waals surface area contributed by atoms with Crippen molar-refractivity contribution < 1.29 is 51.9 Å². The molecule has 4 aromatic rings. The highest BCUT2D eigenvalue weighted by atomic mass is 32.2. The van der Waals surface area contributed by atoms with Crippen molar-refractivity contribution in [1.82, 2.24) is 0 Å². The van der Waals surface area contributed by atoms with E-state index in [4.69, 9.17) is 19.9 Å². The van der Waals surface area contributed by atoms with Crippen LogP contribution in [-0.4, -0.2) is 51.9 Å². The predicted octanol–water partition coefficient (Wildman–Crippen LogP) is 3.48. The number of benzene rings is 4. The predicted molar refractivity (Wildman–Crippen MR) is 142 cm³/mol. The topological polar surface area (TPSA) is 279 Å². The molecule has 42 heavy (non-hydrogen) atoms. The van der Waals surface area contributed by atoms with E-state index in [2.05, 4.69) is 9.95 Å². The van der Waals surface area contributed by atoms with Crippen molar-refractivity contribution >= 4 is 62.6 Å². The van der Waals surface area contributed by atoms with Gasteiger partial charge in [-0.2, -0.15) is 16.8 Å². The van der Waals surface area contributed by atoms with Gasteiger partial charge in [-0.3, -0.25) is 9.11 Å². The van der Waals surface area contributed by atoms with Gasteiger partial charge in [0.15, 0.2) is 9.95 Å². The molecule has 0 aliphatic carbocycles. The van der Waals surface area contributed by atoms with Crippen LogP contribution < -0.4 is 0 Å². The molecule has 2 N–H and O–H groups in total. The van der Waals surface area contributed by atoms with Gasteiger partial charge in [0.05, 0.1) is 19.6 Å². The van der Waals surface area contributed by atoms with Crippen LogP contribution in [0.3, 0.4) is 0 Å². The van der Waals surface area contributed by atoms with Crippen molar-refractivity contribution in [3.05, 3.63) is 94.9 Å². The van der Waals surface area contributed by atoms with Crippen molar-refractivity contribution in [3.8, 4) is 0 Å². The van der Waals surface area contributed by atoms with Gasteiger partial charge in [0.1, 0.15) is 20.2 Å². The van der Waals surface area contributed by atoms with Gasteiger partial charge < -0.3 is 9.11 Å². The fraction of sp³-hybridized carbons (Fsp3) is 0. The normalized spacial score (nSPS) is 11.6. The quantitative estimate of drug-likeness (QED) is 0.235. The highest BCUT2D eigenvalue weighted by molar-refractivity contribution is 7.86. The zero-order chi connectivity index (χ0) is 31.9. The largest absolute Gasteiger partial charge is 0.744 e. The van der Waals surface area contributed by atoms with Gasteiger partial charge >= 0.3 is 11.4 Å². The lowest BCUT2D eigenvalue weighted by molar-refractivity contribution is 0.461. The van der Waals surface area contributed by atoms with E-state index in [1.54, 1.807) is 0 Å². The molecule has 4 aromatic carbocycles. The number of fused-ring (bicyclic) bond motifs is 1. The maximum Gasteiger partial charge on any atom is 0.385 e. The molecule has 0 bridgehead atoms. The molecule has 0 radical (unpaired) electrons. The molecule has 0 fully saturated rings. The second kappa shape index (κ2) is 13.1. The molecule has 0 atom stereocenters. The molecule has 0 saturated carbocycles. The maximum absolute atomic E-state index is 11.0. The summed E-state index contributed by atoms with van der Waals surface area (Å²) in [5.74, 6) is 0. The molecule has 0 aromatic heterocycles. The van der Waals surface area contributed by atoms with Gasteiger partial charge in [-0.15, -0.1) is 0 Å². The number of hydrogen-bond acceptors (Lipinski definition) is 12. The lowest BCUT2D eigenvalue weighted by atomic mass is 10.1. The molecule has 0 heterocycles. The Morgan fingerprint density at radius 2 is 0.786 bits per heavy atom. The lowest BCUT2D eigenvalue weighted by Crippen LogP contribution is -2.03. The Kier molecular flexibility index (Phi) is 10.5. The van der Waals surface area contributed by atoms with Crippen molar-refractivity contribution in [1.29, 1.82) is 10.8 Å². The molecule has 16 nitrogen and oxygen atoms in total. The van der Waals surface area contributed by atoms with Gasteiger partial charge in [0, 0.05) is 35.0 Å². The summed E-state index contributed by atoms with van der Waals surface area (Å²) >= 11 is 0. The first-order chi connectivity index (χ1) is 19.3. The van der Waals surface area contributed by atoms with E-state index in [-0.39, 0.29) is 31.9 Å². The minimum Gasteiger partial charge on any atom is -0.744 e. The summed E-state index contributed by atoms with van der Waals surface area (Å²) in [4.78, 5) is 4.08. The van der Waals surface area contributed by atoms with Crippen LogP contribution in [0.5, 0.6) is 0 Å². The van der Waals surface area contributed by atoms with Crippen LogP contribution >= 0.6 is 0 Å². The Bertz CT molecular complexity index is 1980. The molecule has 0 amide bonds. The fourth-order valence-electron chi connectivity index (χ4n) is 3.06. The first-order valence-corrected chi connectivity index (χ1v) is 16.3. The van der Waals surface area contributed by atoms with Crippen LogP contribution in [0.25, 0.3) is 20.7 Å². The highest BCUT2D eigenvalue weighted by Crippen LogP contribution is 2.28. The van der Waals surface area contributed by atoms with Gasteiger partial charge in [-0.05, 0) is 36.4 Å². The summed E-state index contributed by atoms with van der Waals surface area (Å²) in [7, 11) is -17.8. The first kappa shape index (κ1) is 33.8. The van der Waals surface area contributed by atoms with E-state index in [0.29, 0.717) is 0 Å². The average Bonchev–Trinajstić information content (AvgIpc) is 2.91. The van der Waals surface area contributed by atoms with Crippen molar-refractivity contribution in [2.24, 2.45) is 0 Å². The second-order valence-corrected chi connectivity index (χ2v) is 13.2. The van der Waals surface area contributed by atoms with Crippen LogP contribution in [0.1, 0.15) is 0 Å².